The van der Waals surface area contributed by atoms with Crippen LogP contribution in [0, 0.1) is 6.92 Å². The minimum atomic E-state index is -0.344. The van der Waals surface area contributed by atoms with Gasteiger partial charge in [0.25, 0.3) is 5.78 Å². The molecule has 2 aromatic heterocycles. The number of carbonyl (C=O) groups excluding carboxylic acids is 2. The Hall–Kier alpha value is -2.74. The number of benzene rings is 1. The van der Waals surface area contributed by atoms with Crippen molar-refractivity contribution in [2.24, 2.45) is 0 Å². The summed E-state index contributed by atoms with van der Waals surface area (Å²) in [5, 5.41) is 4.90. The predicted octanol–water partition coefficient (Wildman–Crippen LogP) is 2.61. The lowest BCUT2D eigenvalue weighted by Gasteiger charge is -2.25. The van der Waals surface area contributed by atoms with Gasteiger partial charge < -0.3 is 4.74 Å². The van der Waals surface area contributed by atoms with E-state index >= 15 is 0 Å². The molecule has 0 N–H and O–H groups in total. The van der Waals surface area contributed by atoms with Gasteiger partial charge in [0.15, 0.2) is 5.78 Å². The number of aromatic nitrogens is 4. The molecule has 1 aliphatic carbocycles. The molecule has 27 heavy (non-hydrogen) atoms. The van der Waals surface area contributed by atoms with Crippen molar-refractivity contribution in [3.63, 3.8) is 0 Å². The second-order valence-corrected chi connectivity index (χ2v) is 7.42. The van der Waals surface area contributed by atoms with Crippen LogP contribution in [0.5, 0.6) is 0 Å². The van der Waals surface area contributed by atoms with Gasteiger partial charge in [-0.15, -0.1) is 5.10 Å². The molecule has 0 radical (unpaired) electrons. The van der Waals surface area contributed by atoms with Gasteiger partial charge in [-0.25, -0.2) is 4.98 Å². The number of ether oxygens (including phenoxy) is 1. The van der Waals surface area contributed by atoms with Gasteiger partial charge in [0, 0.05) is 12.6 Å². The smallest absolute Gasteiger partial charge is 0.316 e. The van der Waals surface area contributed by atoms with Crippen LogP contribution in [0.3, 0.4) is 0 Å². The Morgan fingerprint density at radius 3 is 2.93 bits per heavy atom. The van der Waals surface area contributed by atoms with E-state index in [-0.39, 0.29) is 23.4 Å². The molecule has 1 aliphatic rings. The van der Waals surface area contributed by atoms with Crippen molar-refractivity contribution in [1.29, 1.82) is 0 Å². The number of nitrogens with zero attached hydrogens (tertiary/aromatic N) is 4. The molecule has 7 nitrogen and oxygen atoms in total. The predicted molar refractivity (Wildman–Crippen MR) is 100 cm³/mol. The maximum Gasteiger partial charge on any atom is 0.316 e. The molecule has 0 aliphatic heterocycles. The number of fused-ring (bicyclic) bond motifs is 3. The summed E-state index contributed by atoms with van der Waals surface area (Å²) in [5.41, 5.74) is 3.78. The monoisotopic (exact) mass is 382 g/mol. The minimum absolute atomic E-state index is 0.0677. The van der Waals surface area contributed by atoms with Crippen LogP contribution in [0.4, 0.5) is 0 Å². The van der Waals surface area contributed by atoms with E-state index in [4.69, 9.17) is 0 Å². The highest BCUT2D eigenvalue weighted by Crippen LogP contribution is 2.34. The summed E-state index contributed by atoms with van der Waals surface area (Å²) in [6, 6.07) is 8.15. The van der Waals surface area contributed by atoms with E-state index in [1.807, 2.05) is 12.1 Å². The molecule has 1 unspecified atom stereocenters. The van der Waals surface area contributed by atoms with E-state index in [2.05, 4.69) is 38.9 Å². The first-order valence-electron chi connectivity index (χ1n) is 8.60. The normalized spacial score (nSPS) is 16.4. The average molecular weight is 382 g/mol. The molecule has 2 heterocycles. The fourth-order valence-corrected chi connectivity index (χ4v) is 4.09. The van der Waals surface area contributed by atoms with Gasteiger partial charge in [-0.05, 0) is 30.4 Å². The third-order valence-electron chi connectivity index (χ3n) is 4.79. The Kier molecular flexibility index (Phi) is 4.65. The first-order chi connectivity index (χ1) is 13.1. The summed E-state index contributed by atoms with van der Waals surface area (Å²) in [4.78, 5) is 32.7. The second kappa shape index (κ2) is 7.11. The Bertz CT molecular complexity index is 1050. The first-order valence-corrected chi connectivity index (χ1v) is 9.58. The maximum atomic E-state index is 12.7. The lowest BCUT2D eigenvalue weighted by Crippen LogP contribution is -2.23. The highest BCUT2D eigenvalue weighted by atomic mass is 32.2. The van der Waals surface area contributed by atoms with Crippen molar-refractivity contribution < 1.29 is 14.3 Å². The maximum absolute atomic E-state index is 12.7. The lowest BCUT2D eigenvalue weighted by atomic mass is 9.80. The van der Waals surface area contributed by atoms with Crippen molar-refractivity contribution in [3.05, 3.63) is 52.8 Å². The van der Waals surface area contributed by atoms with Gasteiger partial charge in [-0.2, -0.15) is 9.50 Å². The van der Waals surface area contributed by atoms with Crippen LogP contribution in [0.15, 0.2) is 35.6 Å². The van der Waals surface area contributed by atoms with Gasteiger partial charge in [-0.1, -0.05) is 36.0 Å². The van der Waals surface area contributed by atoms with Gasteiger partial charge in [0.05, 0.1) is 24.1 Å². The summed E-state index contributed by atoms with van der Waals surface area (Å²) < 4.78 is 6.28. The van der Waals surface area contributed by atoms with Crippen molar-refractivity contribution in [1.82, 2.24) is 19.6 Å². The zero-order valence-electron chi connectivity index (χ0n) is 15.0. The SMILES string of the molecule is COC(=O)CSc1nc2ncc3c(n2n1)CC(c1ccccc1C)CC3=O. The molecule has 4 rings (SSSR count). The number of rotatable bonds is 4. The summed E-state index contributed by atoms with van der Waals surface area (Å²) in [5.74, 6) is 0.383. The largest absolute Gasteiger partial charge is 0.468 e. The zero-order valence-corrected chi connectivity index (χ0v) is 15.8. The summed E-state index contributed by atoms with van der Waals surface area (Å²) in [7, 11) is 1.34. The Morgan fingerprint density at radius 1 is 1.33 bits per heavy atom. The number of aryl methyl sites for hydroxylation is 1. The van der Waals surface area contributed by atoms with Gasteiger partial charge in [-0.3, -0.25) is 9.59 Å². The Morgan fingerprint density at radius 2 is 2.15 bits per heavy atom. The molecule has 8 heteroatoms. The van der Waals surface area contributed by atoms with Crippen molar-refractivity contribution in [2.45, 2.75) is 30.8 Å². The topological polar surface area (TPSA) is 86.4 Å². The van der Waals surface area contributed by atoms with E-state index in [1.54, 1.807) is 10.7 Å². The number of hydrogen-bond donors (Lipinski definition) is 0. The molecular formula is C19H18N4O3S. The number of ketones is 1. The molecule has 138 valence electrons. The highest BCUT2D eigenvalue weighted by molar-refractivity contribution is 7.99. The Labute approximate surface area is 160 Å². The second-order valence-electron chi connectivity index (χ2n) is 6.47. The van der Waals surface area contributed by atoms with Crippen LogP contribution in [0.1, 0.15) is 39.5 Å². The fourth-order valence-electron chi connectivity index (χ4n) is 3.44. The quantitative estimate of drug-likeness (QED) is 0.506. The number of hydrogen-bond acceptors (Lipinski definition) is 7. The number of methoxy groups -OCH3 is 1. The highest BCUT2D eigenvalue weighted by Gasteiger charge is 2.30. The first kappa shape index (κ1) is 17.7. The number of thioether (sulfide) groups is 1. The van der Waals surface area contributed by atoms with Gasteiger partial charge in [0.2, 0.25) is 5.16 Å². The average Bonchev–Trinajstić information content (AvgIpc) is 3.10. The number of Topliss-reactive ketones (excluding diaryl/α,β-unsaturated/α-hetero) is 1. The summed E-state index contributed by atoms with van der Waals surface area (Å²) in [6.45, 7) is 2.06. The lowest BCUT2D eigenvalue weighted by molar-refractivity contribution is -0.137. The van der Waals surface area contributed by atoms with Crippen LogP contribution in [-0.4, -0.2) is 44.2 Å². The molecule has 0 spiro atoms. The fraction of sp³-hybridized carbons (Fsp3) is 0.316. The van der Waals surface area contributed by atoms with Crippen molar-refractivity contribution in [3.8, 4) is 0 Å². The van der Waals surface area contributed by atoms with E-state index in [1.165, 1.54) is 30.0 Å². The van der Waals surface area contributed by atoms with Crippen molar-refractivity contribution >= 4 is 29.3 Å². The molecule has 3 aromatic rings. The third-order valence-corrected chi connectivity index (χ3v) is 5.60. The van der Waals surface area contributed by atoms with Crippen molar-refractivity contribution in [2.75, 3.05) is 12.9 Å². The van der Waals surface area contributed by atoms with E-state index in [0.29, 0.717) is 29.3 Å². The summed E-state index contributed by atoms with van der Waals surface area (Å²) >= 11 is 1.19. The molecule has 0 amide bonds. The standard InChI is InChI=1S/C19H18N4O3S/c1-11-5-3-4-6-13(11)12-7-15-14(16(24)8-12)9-20-18-21-19(22-23(15)18)27-10-17(25)26-2/h3-6,9,12H,7-8,10H2,1-2H3. The molecule has 1 atom stereocenters. The molecule has 0 fully saturated rings. The van der Waals surface area contributed by atoms with Crippen LogP contribution >= 0.6 is 11.8 Å². The minimum Gasteiger partial charge on any atom is -0.468 e. The van der Waals surface area contributed by atoms with Crippen LogP contribution in [0.25, 0.3) is 5.78 Å². The van der Waals surface area contributed by atoms with E-state index < -0.39 is 0 Å². The molecule has 0 saturated heterocycles. The number of carbonyl (C=O) groups is 2. The van der Waals surface area contributed by atoms with Crippen LogP contribution < -0.4 is 0 Å². The Balaban J connectivity index is 1.71. The molecule has 0 saturated carbocycles. The van der Waals surface area contributed by atoms with Crippen LogP contribution in [-0.2, 0) is 16.0 Å². The van der Waals surface area contributed by atoms with E-state index in [0.717, 1.165) is 5.69 Å². The third kappa shape index (κ3) is 3.32. The van der Waals surface area contributed by atoms with E-state index in [9.17, 15) is 9.59 Å². The molecular weight excluding hydrogens is 364 g/mol. The number of esters is 1. The molecule has 0 bridgehead atoms. The zero-order chi connectivity index (χ0) is 19.0. The summed E-state index contributed by atoms with van der Waals surface area (Å²) in [6.07, 6.45) is 2.74. The van der Waals surface area contributed by atoms with Gasteiger partial charge >= 0.3 is 5.97 Å². The van der Waals surface area contributed by atoms with Crippen LogP contribution in [0.2, 0.25) is 0 Å². The van der Waals surface area contributed by atoms with Gasteiger partial charge in [0.1, 0.15) is 0 Å². The molecule has 1 aromatic carbocycles.